The number of aromatic nitrogens is 1. The molecule has 1 aromatic heterocycles. The Kier molecular flexibility index (Phi) is 3.77. The van der Waals surface area contributed by atoms with E-state index < -0.39 is 18.0 Å². The zero-order chi connectivity index (χ0) is 17.4. The molecule has 0 saturated heterocycles. The van der Waals surface area contributed by atoms with Crippen LogP contribution in [-0.4, -0.2) is 34.8 Å². The summed E-state index contributed by atoms with van der Waals surface area (Å²) in [5.41, 5.74) is 1.03. The fourth-order valence-corrected chi connectivity index (χ4v) is 3.51. The summed E-state index contributed by atoms with van der Waals surface area (Å²) < 4.78 is 11.5. The number of hydrogen-bond acceptors (Lipinski definition) is 7. The van der Waals surface area contributed by atoms with Gasteiger partial charge in [0, 0.05) is 12.2 Å². The number of thiazole rings is 1. The van der Waals surface area contributed by atoms with Gasteiger partial charge < -0.3 is 9.47 Å². The van der Waals surface area contributed by atoms with Crippen LogP contribution in [0.15, 0.2) is 65.9 Å². The van der Waals surface area contributed by atoms with E-state index in [2.05, 4.69) is 16.6 Å². The molecule has 6 nitrogen and oxygen atoms in total. The molecule has 1 aromatic carbocycles. The van der Waals surface area contributed by atoms with Gasteiger partial charge in [-0.1, -0.05) is 24.8 Å². The summed E-state index contributed by atoms with van der Waals surface area (Å²) in [5, 5.41) is 0.533. The Morgan fingerprint density at radius 1 is 1.36 bits per heavy atom. The molecule has 2 unspecified atom stereocenters. The van der Waals surface area contributed by atoms with Crippen LogP contribution in [0.25, 0.3) is 10.2 Å². The molecule has 7 heteroatoms. The van der Waals surface area contributed by atoms with Gasteiger partial charge in [0.15, 0.2) is 11.8 Å². The molecule has 0 fully saturated rings. The number of ether oxygens (including phenoxy) is 2. The quantitative estimate of drug-likeness (QED) is 0.627. The van der Waals surface area contributed by atoms with Crippen molar-refractivity contribution in [1.82, 2.24) is 4.98 Å². The molecule has 0 amide bonds. The average Bonchev–Trinajstić information content (AvgIpc) is 3.04. The van der Waals surface area contributed by atoms with Gasteiger partial charge in [0.05, 0.1) is 10.2 Å². The van der Waals surface area contributed by atoms with Crippen LogP contribution < -0.4 is 0 Å². The number of esters is 2. The fourth-order valence-electron chi connectivity index (χ4n) is 2.56. The first kappa shape index (κ1) is 15.5. The Hall–Kier alpha value is -3.06. The molecule has 1 aliphatic heterocycles. The number of hydrogen-bond donors (Lipinski definition) is 0. The largest absolute Gasteiger partial charge is 0.451 e. The highest BCUT2D eigenvalue weighted by atomic mass is 32.1. The molecule has 4 rings (SSSR count). The lowest BCUT2D eigenvalue weighted by Gasteiger charge is -2.27. The molecular formula is C18H12N2O4S. The standard InChI is InChI=1S/C18H12N2O4S/c1-2-15(21)23-10-7-8-11-13(9-10)24-18(22)16(19-11)17-20-12-5-3-4-6-14(12)25-17/h2-9,11,13H,1H2. The third-order valence-electron chi connectivity index (χ3n) is 3.72. The Morgan fingerprint density at radius 3 is 3.00 bits per heavy atom. The summed E-state index contributed by atoms with van der Waals surface area (Å²) in [5.74, 6) is -0.811. The molecule has 0 radical (unpaired) electrons. The number of rotatable bonds is 3. The number of allylic oxidation sites excluding steroid dienone is 1. The van der Waals surface area contributed by atoms with E-state index in [0.717, 1.165) is 16.3 Å². The smallest absolute Gasteiger partial charge is 0.360 e. The predicted octanol–water partition coefficient (Wildman–Crippen LogP) is 2.56. The van der Waals surface area contributed by atoms with Gasteiger partial charge in [-0.3, -0.25) is 4.99 Å². The first-order valence-corrected chi connectivity index (χ1v) is 8.35. The van der Waals surface area contributed by atoms with Gasteiger partial charge in [0.25, 0.3) is 0 Å². The highest BCUT2D eigenvalue weighted by Gasteiger charge is 2.34. The number of para-hydroxylation sites is 1. The molecule has 0 bridgehead atoms. The van der Waals surface area contributed by atoms with Crippen molar-refractivity contribution >= 4 is 39.2 Å². The Bertz CT molecular complexity index is 953. The van der Waals surface area contributed by atoms with Gasteiger partial charge in [-0.25, -0.2) is 14.6 Å². The third kappa shape index (κ3) is 2.89. The zero-order valence-electron chi connectivity index (χ0n) is 12.9. The first-order chi connectivity index (χ1) is 12.1. The Labute approximate surface area is 146 Å². The van der Waals surface area contributed by atoms with E-state index in [1.807, 2.05) is 24.3 Å². The number of aliphatic imine (C=N–C) groups is 1. The van der Waals surface area contributed by atoms with Crippen LogP contribution in [0.1, 0.15) is 5.01 Å². The van der Waals surface area contributed by atoms with E-state index in [1.54, 1.807) is 18.2 Å². The number of fused-ring (bicyclic) bond motifs is 2. The normalized spacial score (nSPS) is 21.8. The number of carbonyl (C=O) groups excluding carboxylic acids is 2. The molecule has 0 spiro atoms. The highest BCUT2D eigenvalue weighted by Crippen LogP contribution is 2.27. The topological polar surface area (TPSA) is 77.9 Å². The van der Waals surface area contributed by atoms with Crippen molar-refractivity contribution in [3.63, 3.8) is 0 Å². The zero-order valence-corrected chi connectivity index (χ0v) is 13.7. The monoisotopic (exact) mass is 352 g/mol. The van der Waals surface area contributed by atoms with Crippen molar-refractivity contribution in [3.05, 3.63) is 65.9 Å². The van der Waals surface area contributed by atoms with Crippen molar-refractivity contribution in [3.8, 4) is 0 Å². The van der Waals surface area contributed by atoms with E-state index in [9.17, 15) is 9.59 Å². The van der Waals surface area contributed by atoms with E-state index in [0.29, 0.717) is 10.8 Å². The minimum atomic E-state index is -0.608. The van der Waals surface area contributed by atoms with Crippen LogP contribution in [0.2, 0.25) is 0 Å². The number of benzene rings is 1. The number of nitrogens with zero attached hydrogens (tertiary/aromatic N) is 2. The molecule has 124 valence electrons. The van der Waals surface area contributed by atoms with Crippen LogP contribution in [0.3, 0.4) is 0 Å². The summed E-state index contributed by atoms with van der Waals surface area (Å²) in [4.78, 5) is 32.6. The third-order valence-corrected chi connectivity index (χ3v) is 4.76. The summed E-state index contributed by atoms with van der Waals surface area (Å²) >= 11 is 1.40. The lowest BCUT2D eigenvalue weighted by molar-refractivity contribution is -0.140. The van der Waals surface area contributed by atoms with E-state index >= 15 is 0 Å². The van der Waals surface area contributed by atoms with Crippen molar-refractivity contribution in [2.75, 3.05) is 0 Å². The molecule has 0 saturated carbocycles. The van der Waals surface area contributed by atoms with Crippen LogP contribution in [0.5, 0.6) is 0 Å². The maximum atomic E-state index is 12.3. The molecule has 2 heterocycles. The van der Waals surface area contributed by atoms with Gasteiger partial charge >= 0.3 is 11.9 Å². The molecule has 2 atom stereocenters. The minimum Gasteiger partial charge on any atom is -0.451 e. The first-order valence-electron chi connectivity index (χ1n) is 7.53. The van der Waals surface area contributed by atoms with Crippen LogP contribution in [0, 0.1) is 0 Å². The second-order valence-electron chi connectivity index (χ2n) is 5.38. The summed E-state index contributed by atoms with van der Waals surface area (Å²) in [7, 11) is 0. The second kappa shape index (κ2) is 6.10. The maximum absolute atomic E-state index is 12.3. The molecular weight excluding hydrogens is 340 g/mol. The van der Waals surface area contributed by atoms with E-state index in [4.69, 9.17) is 9.47 Å². The van der Waals surface area contributed by atoms with Crippen molar-refractivity contribution in [2.45, 2.75) is 12.1 Å². The average molecular weight is 352 g/mol. The molecule has 2 aliphatic rings. The van der Waals surface area contributed by atoms with Crippen LogP contribution in [-0.2, 0) is 19.1 Å². The van der Waals surface area contributed by atoms with E-state index in [1.165, 1.54) is 11.3 Å². The van der Waals surface area contributed by atoms with E-state index in [-0.39, 0.29) is 11.8 Å². The second-order valence-corrected chi connectivity index (χ2v) is 6.41. The lowest BCUT2D eigenvalue weighted by Crippen LogP contribution is -2.38. The molecule has 2 aromatic rings. The Morgan fingerprint density at radius 2 is 2.20 bits per heavy atom. The summed E-state index contributed by atoms with van der Waals surface area (Å²) in [6.07, 6.45) is 5.37. The van der Waals surface area contributed by atoms with Crippen molar-refractivity contribution < 1.29 is 19.1 Å². The van der Waals surface area contributed by atoms with Gasteiger partial charge in [0.1, 0.15) is 16.8 Å². The highest BCUT2D eigenvalue weighted by molar-refractivity contribution is 7.21. The number of carbonyl (C=O) groups is 2. The van der Waals surface area contributed by atoms with Gasteiger partial charge in [-0.2, -0.15) is 0 Å². The SMILES string of the molecule is C=CC(=O)OC1=CC2OC(=O)C(c3nc4ccccc4s3)=NC2C=C1. The Balaban J connectivity index is 1.63. The van der Waals surface area contributed by atoms with Crippen LogP contribution >= 0.6 is 11.3 Å². The van der Waals surface area contributed by atoms with Gasteiger partial charge in [-0.15, -0.1) is 11.3 Å². The summed E-state index contributed by atoms with van der Waals surface area (Å²) in [6.45, 7) is 3.34. The molecule has 25 heavy (non-hydrogen) atoms. The molecule has 0 N–H and O–H groups in total. The van der Waals surface area contributed by atoms with Crippen molar-refractivity contribution in [1.29, 1.82) is 0 Å². The van der Waals surface area contributed by atoms with Gasteiger partial charge in [-0.05, 0) is 18.2 Å². The minimum absolute atomic E-state index is 0.215. The predicted molar refractivity (Wildman–Crippen MR) is 93.3 cm³/mol. The van der Waals surface area contributed by atoms with Gasteiger partial charge in [0.2, 0.25) is 0 Å². The fraction of sp³-hybridized carbons (Fsp3) is 0.111. The maximum Gasteiger partial charge on any atom is 0.360 e. The van der Waals surface area contributed by atoms with Crippen LogP contribution in [0.4, 0.5) is 0 Å². The molecule has 1 aliphatic carbocycles. The van der Waals surface area contributed by atoms with Crippen molar-refractivity contribution in [2.24, 2.45) is 4.99 Å². The lowest BCUT2D eigenvalue weighted by atomic mass is 10.0. The summed E-state index contributed by atoms with van der Waals surface area (Å²) in [6, 6.07) is 7.27.